The molecular weight excluding hydrogens is 489 g/mol. The van der Waals surface area contributed by atoms with Crippen LogP contribution in [0.2, 0.25) is 5.02 Å². The van der Waals surface area contributed by atoms with Crippen LogP contribution in [0, 0.1) is 5.92 Å². The maximum absolute atomic E-state index is 12.5. The lowest BCUT2D eigenvalue weighted by Crippen LogP contribution is -2.41. The molecule has 9 heteroatoms. The van der Waals surface area contributed by atoms with Crippen LogP contribution in [0.25, 0.3) is 0 Å². The van der Waals surface area contributed by atoms with Crippen molar-refractivity contribution < 1.29 is 13.5 Å². The van der Waals surface area contributed by atoms with E-state index in [1.807, 2.05) is 0 Å². The van der Waals surface area contributed by atoms with Crippen LogP contribution < -0.4 is 15.4 Å². The molecule has 1 fully saturated rings. The normalized spacial score (nSPS) is 16.1. The standard InChI is InChI=1S/C18H27ClF2N4O.HI/c1-13(12-25-7-3-4-8-25)10-23-18(22-2)24-11-14-9-15(19)5-6-16(14)26-17(20)21;/h5-6,9,13,17H,3-4,7-8,10-12H2,1-2H3,(H2,22,23,24);1H. The summed E-state index contributed by atoms with van der Waals surface area (Å²) in [6.07, 6.45) is 2.57. The van der Waals surface area contributed by atoms with Gasteiger partial charge in [-0.2, -0.15) is 8.78 Å². The van der Waals surface area contributed by atoms with Crippen molar-refractivity contribution in [2.45, 2.75) is 32.9 Å². The highest BCUT2D eigenvalue weighted by molar-refractivity contribution is 14.0. The molecule has 0 spiro atoms. The molecule has 0 bridgehead atoms. The summed E-state index contributed by atoms with van der Waals surface area (Å²) in [7, 11) is 1.68. The van der Waals surface area contributed by atoms with Gasteiger partial charge in [0.15, 0.2) is 5.96 Å². The molecule has 2 N–H and O–H groups in total. The van der Waals surface area contributed by atoms with Gasteiger partial charge in [-0.05, 0) is 50.0 Å². The molecular formula is C18H28ClF2IN4O. The van der Waals surface area contributed by atoms with Crippen LogP contribution in [0.5, 0.6) is 5.75 Å². The van der Waals surface area contributed by atoms with Gasteiger partial charge in [0.1, 0.15) is 5.75 Å². The van der Waals surface area contributed by atoms with E-state index in [0.717, 1.165) is 13.1 Å². The molecule has 1 aromatic rings. The summed E-state index contributed by atoms with van der Waals surface area (Å²) in [4.78, 5) is 6.65. The minimum Gasteiger partial charge on any atom is -0.434 e. The van der Waals surface area contributed by atoms with E-state index in [9.17, 15) is 8.78 Å². The first-order valence-electron chi connectivity index (χ1n) is 8.88. The third-order valence-electron chi connectivity index (χ3n) is 4.30. The van der Waals surface area contributed by atoms with E-state index in [-0.39, 0.29) is 36.3 Å². The fraction of sp³-hybridized carbons (Fsp3) is 0.611. The van der Waals surface area contributed by atoms with Gasteiger partial charge < -0.3 is 20.3 Å². The minimum atomic E-state index is -2.88. The minimum absolute atomic E-state index is 0. The molecule has 0 aromatic heterocycles. The number of hydrogen-bond acceptors (Lipinski definition) is 3. The number of hydrogen-bond donors (Lipinski definition) is 2. The van der Waals surface area contributed by atoms with E-state index in [2.05, 4.69) is 32.2 Å². The van der Waals surface area contributed by atoms with Crippen LogP contribution in [0.15, 0.2) is 23.2 Å². The smallest absolute Gasteiger partial charge is 0.387 e. The summed E-state index contributed by atoms with van der Waals surface area (Å²) in [5.74, 6) is 1.20. The fourth-order valence-corrected chi connectivity index (χ4v) is 3.23. The van der Waals surface area contributed by atoms with Crippen molar-refractivity contribution in [3.63, 3.8) is 0 Å². The van der Waals surface area contributed by atoms with E-state index < -0.39 is 6.61 Å². The first-order chi connectivity index (χ1) is 12.5. The monoisotopic (exact) mass is 516 g/mol. The topological polar surface area (TPSA) is 48.9 Å². The highest BCUT2D eigenvalue weighted by Gasteiger charge is 2.15. The van der Waals surface area contributed by atoms with Gasteiger partial charge >= 0.3 is 6.61 Å². The lowest BCUT2D eigenvalue weighted by atomic mass is 10.1. The first kappa shape index (κ1) is 24.2. The van der Waals surface area contributed by atoms with Gasteiger partial charge in [-0.1, -0.05) is 18.5 Å². The quantitative estimate of drug-likeness (QED) is 0.312. The predicted octanol–water partition coefficient (Wildman–Crippen LogP) is 3.96. The summed E-state index contributed by atoms with van der Waals surface area (Å²) in [6, 6.07) is 4.57. The molecule has 5 nitrogen and oxygen atoms in total. The van der Waals surface area contributed by atoms with E-state index in [1.165, 1.54) is 38.1 Å². The van der Waals surface area contributed by atoms with Crippen molar-refractivity contribution in [1.29, 1.82) is 0 Å². The number of ether oxygens (including phenoxy) is 1. The average Bonchev–Trinajstić information content (AvgIpc) is 3.09. The van der Waals surface area contributed by atoms with Crippen molar-refractivity contribution in [2.24, 2.45) is 10.9 Å². The van der Waals surface area contributed by atoms with E-state index in [0.29, 0.717) is 22.5 Å². The van der Waals surface area contributed by atoms with Crippen molar-refractivity contribution >= 4 is 41.5 Å². The fourth-order valence-electron chi connectivity index (χ4n) is 3.04. The average molecular weight is 517 g/mol. The second-order valence-corrected chi connectivity index (χ2v) is 6.99. The van der Waals surface area contributed by atoms with Crippen molar-refractivity contribution in [1.82, 2.24) is 15.5 Å². The second-order valence-electron chi connectivity index (χ2n) is 6.55. The summed E-state index contributed by atoms with van der Waals surface area (Å²) in [6.45, 7) is 3.81. The highest BCUT2D eigenvalue weighted by atomic mass is 127. The Bertz CT molecular complexity index is 601. The predicted molar refractivity (Wildman–Crippen MR) is 117 cm³/mol. The zero-order valence-corrected chi connectivity index (χ0v) is 18.8. The number of halogens is 4. The Morgan fingerprint density at radius 1 is 1.30 bits per heavy atom. The number of rotatable bonds is 8. The Hall–Kier alpha value is -0.870. The molecule has 1 aliphatic heterocycles. The summed E-state index contributed by atoms with van der Waals surface area (Å²) >= 11 is 5.96. The molecule has 0 amide bonds. The molecule has 1 unspecified atom stereocenters. The van der Waals surface area contributed by atoms with Crippen LogP contribution in [0.1, 0.15) is 25.3 Å². The number of nitrogens with zero attached hydrogens (tertiary/aromatic N) is 2. The van der Waals surface area contributed by atoms with Crippen molar-refractivity contribution in [2.75, 3.05) is 33.2 Å². The molecule has 1 saturated heterocycles. The third kappa shape index (κ3) is 8.78. The van der Waals surface area contributed by atoms with Gasteiger partial charge in [-0.3, -0.25) is 4.99 Å². The molecule has 0 aliphatic carbocycles. The number of alkyl halides is 2. The molecule has 1 heterocycles. The maximum atomic E-state index is 12.5. The van der Waals surface area contributed by atoms with Gasteiger partial charge in [0, 0.05) is 37.3 Å². The first-order valence-corrected chi connectivity index (χ1v) is 9.26. The zero-order valence-electron chi connectivity index (χ0n) is 15.7. The van der Waals surface area contributed by atoms with Gasteiger partial charge in [0.25, 0.3) is 0 Å². The molecule has 0 radical (unpaired) electrons. The third-order valence-corrected chi connectivity index (χ3v) is 4.53. The molecule has 27 heavy (non-hydrogen) atoms. The van der Waals surface area contributed by atoms with Crippen LogP contribution in [-0.4, -0.2) is 50.7 Å². The zero-order chi connectivity index (χ0) is 18.9. The summed E-state index contributed by atoms with van der Waals surface area (Å²) in [5, 5.41) is 6.86. The number of aliphatic imine (C=N–C) groups is 1. The molecule has 154 valence electrons. The van der Waals surface area contributed by atoms with E-state index >= 15 is 0 Å². The largest absolute Gasteiger partial charge is 0.434 e. The lowest BCUT2D eigenvalue weighted by Gasteiger charge is -2.21. The van der Waals surface area contributed by atoms with E-state index in [1.54, 1.807) is 13.1 Å². The molecule has 1 aromatic carbocycles. The van der Waals surface area contributed by atoms with Crippen LogP contribution in [-0.2, 0) is 6.54 Å². The Morgan fingerprint density at radius 2 is 2.00 bits per heavy atom. The number of benzene rings is 1. The Kier molecular flexibility index (Phi) is 11.2. The van der Waals surface area contributed by atoms with E-state index in [4.69, 9.17) is 11.6 Å². The Morgan fingerprint density at radius 3 is 2.63 bits per heavy atom. The second kappa shape index (κ2) is 12.6. The molecule has 2 rings (SSSR count). The highest BCUT2D eigenvalue weighted by Crippen LogP contribution is 2.24. The summed E-state index contributed by atoms with van der Waals surface area (Å²) < 4.78 is 29.6. The molecule has 1 aliphatic rings. The Balaban J connectivity index is 0.00000364. The lowest BCUT2D eigenvalue weighted by molar-refractivity contribution is -0.0504. The molecule has 1 atom stereocenters. The van der Waals surface area contributed by atoms with Gasteiger partial charge in [-0.25, -0.2) is 0 Å². The van der Waals surface area contributed by atoms with Crippen LogP contribution in [0.4, 0.5) is 8.78 Å². The van der Waals surface area contributed by atoms with Gasteiger partial charge in [0.2, 0.25) is 0 Å². The van der Waals surface area contributed by atoms with Crippen molar-refractivity contribution in [3.8, 4) is 5.75 Å². The number of guanidine groups is 1. The van der Waals surface area contributed by atoms with Gasteiger partial charge in [-0.15, -0.1) is 24.0 Å². The SMILES string of the molecule is CN=C(NCc1cc(Cl)ccc1OC(F)F)NCC(C)CN1CCCC1.I. The number of nitrogens with one attached hydrogen (secondary N) is 2. The maximum Gasteiger partial charge on any atom is 0.387 e. The number of likely N-dealkylation sites (tertiary alicyclic amines) is 1. The summed E-state index contributed by atoms with van der Waals surface area (Å²) in [5.41, 5.74) is 0.547. The Labute approximate surface area is 181 Å². The molecule has 0 saturated carbocycles. The van der Waals surface area contributed by atoms with Crippen LogP contribution in [0.3, 0.4) is 0 Å². The van der Waals surface area contributed by atoms with Gasteiger partial charge in [0.05, 0.1) is 0 Å². The van der Waals surface area contributed by atoms with Crippen LogP contribution >= 0.6 is 35.6 Å². The van der Waals surface area contributed by atoms with Crippen molar-refractivity contribution in [3.05, 3.63) is 28.8 Å².